The molecule has 0 amide bonds. The van der Waals surface area contributed by atoms with Crippen molar-refractivity contribution in [1.82, 2.24) is 19.1 Å². The molecule has 158 valence electrons. The quantitative estimate of drug-likeness (QED) is 0.354. The fraction of sp³-hybridized carbons (Fsp3) is 0.182. The van der Waals surface area contributed by atoms with Gasteiger partial charge in [0.25, 0.3) is 5.56 Å². The van der Waals surface area contributed by atoms with E-state index in [2.05, 4.69) is 9.97 Å². The lowest BCUT2D eigenvalue weighted by Crippen LogP contribution is -2.36. The third kappa shape index (κ3) is 3.85. The van der Waals surface area contributed by atoms with E-state index in [4.69, 9.17) is 0 Å². The van der Waals surface area contributed by atoms with Crippen molar-refractivity contribution in [3.8, 4) is 0 Å². The standard InChI is InChI=1S/C22H20N4O4S/c1-25-19-15(20(29)26(2)22(25)30)23-21(24-19)31-18(16(27)13-9-5-3-6-10-13)17(28)14-11-7-4-8-12-14/h3-12,16,18,27H,1-2H3,(H,23,24)/t16-,18+/m1/s1. The van der Waals surface area contributed by atoms with Crippen molar-refractivity contribution >= 4 is 28.7 Å². The maximum Gasteiger partial charge on any atom is 0.332 e. The zero-order chi connectivity index (χ0) is 22.1. The number of nitrogens with one attached hydrogen (secondary N) is 1. The van der Waals surface area contributed by atoms with E-state index in [1.165, 1.54) is 18.7 Å². The van der Waals surface area contributed by atoms with Gasteiger partial charge in [-0.3, -0.25) is 18.7 Å². The SMILES string of the molecule is Cn1c(=O)c2[nH]c(S[C@H](C(=O)c3ccccc3)[C@H](O)c3ccccc3)nc2n(C)c1=O. The number of fused-ring (bicyclic) bond motifs is 1. The van der Waals surface area contributed by atoms with Crippen LogP contribution in [0.4, 0.5) is 0 Å². The predicted octanol–water partition coefficient (Wildman–Crippen LogP) is 2.04. The third-order valence-corrected chi connectivity index (χ3v) is 6.20. The lowest BCUT2D eigenvalue weighted by Gasteiger charge is -2.21. The van der Waals surface area contributed by atoms with Crippen molar-refractivity contribution in [2.45, 2.75) is 16.5 Å². The first kappa shape index (κ1) is 20.8. The average Bonchev–Trinajstić information content (AvgIpc) is 3.24. The van der Waals surface area contributed by atoms with Crippen LogP contribution >= 0.6 is 11.8 Å². The number of aryl methyl sites for hydroxylation is 1. The Morgan fingerprint density at radius 3 is 2.26 bits per heavy atom. The van der Waals surface area contributed by atoms with Gasteiger partial charge in [-0.15, -0.1) is 0 Å². The fourth-order valence-corrected chi connectivity index (χ4v) is 4.40. The van der Waals surface area contributed by atoms with Crippen LogP contribution in [0.1, 0.15) is 22.0 Å². The van der Waals surface area contributed by atoms with Gasteiger partial charge in [0, 0.05) is 19.7 Å². The van der Waals surface area contributed by atoms with Crippen LogP contribution in [0.5, 0.6) is 0 Å². The van der Waals surface area contributed by atoms with Gasteiger partial charge in [-0.1, -0.05) is 72.4 Å². The van der Waals surface area contributed by atoms with Gasteiger partial charge in [-0.05, 0) is 5.56 Å². The number of hydrogen-bond donors (Lipinski definition) is 2. The topological polar surface area (TPSA) is 110 Å². The fourth-order valence-electron chi connectivity index (χ4n) is 3.33. The molecule has 2 atom stereocenters. The van der Waals surface area contributed by atoms with Crippen LogP contribution in [0.3, 0.4) is 0 Å². The molecule has 9 heteroatoms. The number of carbonyl (C=O) groups is 1. The van der Waals surface area contributed by atoms with Crippen molar-refractivity contribution in [2.24, 2.45) is 14.1 Å². The van der Waals surface area contributed by atoms with Gasteiger partial charge < -0.3 is 10.1 Å². The molecule has 4 rings (SSSR count). The molecular weight excluding hydrogens is 416 g/mol. The smallest absolute Gasteiger partial charge is 0.332 e. The molecule has 0 saturated carbocycles. The number of Topliss-reactive ketones (excluding diaryl/α,β-unsaturated/α-hetero) is 1. The Morgan fingerprint density at radius 2 is 1.61 bits per heavy atom. The zero-order valence-corrected chi connectivity index (χ0v) is 17.7. The Bertz CT molecular complexity index is 1360. The zero-order valence-electron chi connectivity index (χ0n) is 16.9. The summed E-state index contributed by atoms with van der Waals surface area (Å²) in [6.45, 7) is 0. The van der Waals surface area contributed by atoms with Gasteiger partial charge >= 0.3 is 5.69 Å². The molecule has 2 aromatic carbocycles. The molecule has 31 heavy (non-hydrogen) atoms. The Morgan fingerprint density at radius 1 is 1.00 bits per heavy atom. The molecule has 0 radical (unpaired) electrons. The van der Waals surface area contributed by atoms with Gasteiger partial charge in [0.05, 0.1) is 6.10 Å². The second-order valence-electron chi connectivity index (χ2n) is 7.07. The van der Waals surface area contributed by atoms with Gasteiger partial charge in [-0.2, -0.15) is 0 Å². The lowest BCUT2D eigenvalue weighted by atomic mass is 10.00. The van der Waals surface area contributed by atoms with E-state index in [0.717, 1.165) is 16.3 Å². The summed E-state index contributed by atoms with van der Waals surface area (Å²) in [5, 5.41) is 10.4. The second kappa shape index (κ2) is 8.37. The number of aromatic amines is 1. The van der Waals surface area contributed by atoms with Gasteiger partial charge in [0.15, 0.2) is 22.1 Å². The van der Waals surface area contributed by atoms with Crippen molar-refractivity contribution in [1.29, 1.82) is 0 Å². The van der Waals surface area contributed by atoms with Crippen LogP contribution in [0.2, 0.25) is 0 Å². The number of hydrogen-bond acceptors (Lipinski definition) is 6. The van der Waals surface area contributed by atoms with E-state index in [-0.39, 0.29) is 22.1 Å². The summed E-state index contributed by atoms with van der Waals surface area (Å²) >= 11 is 1.02. The molecule has 0 aliphatic carbocycles. The molecule has 0 unspecified atom stereocenters. The minimum atomic E-state index is -1.11. The summed E-state index contributed by atoms with van der Waals surface area (Å²) in [7, 11) is 2.91. The van der Waals surface area contributed by atoms with Crippen LogP contribution < -0.4 is 11.2 Å². The Balaban J connectivity index is 1.78. The minimum absolute atomic E-state index is 0.159. The van der Waals surface area contributed by atoms with Crippen LogP contribution in [-0.2, 0) is 14.1 Å². The van der Waals surface area contributed by atoms with Crippen LogP contribution in [0, 0.1) is 0 Å². The summed E-state index contributed by atoms with van der Waals surface area (Å²) in [6.07, 6.45) is -1.11. The maximum atomic E-state index is 13.3. The van der Waals surface area contributed by atoms with Crippen molar-refractivity contribution in [2.75, 3.05) is 0 Å². The summed E-state index contributed by atoms with van der Waals surface area (Å²) in [5.74, 6) is -0.274. The highest BCUT2D eigenvalue weighted by Gasteiger charge is 2.31. The molecule has 0 saturated heterocycles. The van der Waals surface area contributed by atoms with Crippen molar-refractivity contribution in [3.05, 3.63) is 92.6 Å². The molecule has 0 bridgehead atoms. The molecule has 0 spiro atoms. The van der Waals surface area contributed by atoms with Crippen molar-refractivity contribution in [3.63, 3.8) is 0 Å². The summed E-state index contributed by atoms with van der Waals surface area (Å²) in [5.41, 5.74) is 0.384. The number of aliphatic hydroxyl groups excluding tert-OH is 1. The first-order chi connectivity index (χ1) is 14.9. The Hall–Kier alpha value is -3.43. The van der Waals surface area contributed by atoms with Crippen LogP contribution in [0.25, 0.3) is 11.2 Å². The summed E-state index contributed by atoms with van der Waals surface area (Å²) < 4.78 is 2.25. The number of benzene rings is 2. The monoisotopic (exact) mass is 436 g/mol. The first-order valence-electron chi connectivity index (χ1n) is 9.53. The molecule has 4 aromatic rings. The molecule has 2 N–H and O–H groups in total. The van der Waals surface area contributed by atoms with Gasteiger partial charge in [-0.25, -0.2) is 9.78 Å². The number of thioether (sulfide) groups is 1. The van der Waals surface area contributed by atoms with E-state index >= 15 is 0 Å². The van der Waals surface area contributed by atoms with Gasteiger partial charge in [0.2, 0.25) is 0 Å². The van der Waals surface area contributed by atoms with Gasteiger partial charge in [0.1, 0.15) is 5.25 Å². The number of rotatable bonds is 6. The molecule has 2 aromatic heterocycles. The Labute approximate surface area is 181 Å². The van der Waals surface area contributed by atoms with E-state index in [1.54, 1.807) is 48.5 Å². The predicted molar refractivity (Wildman–Crippen MR) is 118 cm³/mol. The maximum absolute atomic E-state index is 13.3. The molecule has 2 heterocycles. The van der Waals surface area contributed by atoms with E-state index < -0.39 is 22.6 Å². The second-order valence-corrected chi connectivity index (χ2v) is 8.20. The normalized spacial score (nSPS) is 13.3. The number of H-pyrrole nitrogens is 1. The highest BCUT2D eigenvalue weighted by molar-refractivity contribution is 8.00. The van der Waals surface area contributed by atoms with E-state index in [9.17, 15) is 19.5 Å². The molecule has 0 fully saturated rings. The molecule has 0 aliphatic heterocycles. The van der Waals surface area contributed by atoms with E-state index in [0.29, 0.717) is 11.1 Å². The van der Waals surface area contributed by atoms with Crippen LogP contribution in [0.15, 0.2) is 75.4 Å². The highest BCUT2D eigenvalue weighted by Crippen LogP contribution is 2.33. The highest BCUT2D eigenvalue weighted by atomic mass is 32.2. The minimum Gasteiger partial charge on any atom is -0.387 e. The molecule has 8 nitrogen and oxygen atoms in total. The lowest BCUT2D eigenvalue weighted by molar-refractivity contribution is 0.0897. The Kier molecular flexibility index (Phi) is 5.62. The van der Waals surface area contributed by atoms with Crippen molar-refractivity contribution < 1.29 is 9.90 Å². The summed E-state index contributed by atoms with van der Waals surface area (Å²) in [4.78, 5) is 45.2. The number of imidazole rings is 1. The molecular formula is C22H20N4O4S. The van der Waals surface area contributed by atoms with E-state index in [1.807, 2.05) is 12.1 Å². The third-order valence-electron chi connectivity index (χ3n) is 5.06. The first-order valence-corrected chi connectivity index (χ1v) is 10.4. The number of carbonyl (C=O) groups excluding carboxylic acids is 1. The number of aliphatic hydroxyl groups is 1. The average molecular weight is 436 g/mol. The molecule has 0 aliphatic rings. The largest absolute Gasteiger partial charge is 0.387 e. The number of nitrogens with zero attached hydrogens (tertiary/aromatic N) is 3. The number of ketones is 1. The number of aromatic nitrogens is 4. The summed E-state index contributed by atoms with van der Waals surface area (Å²) in [6, 6.07) is 17.6. The van der Waals surface area contributed by atoms with Crippen LogP contribution in [-0.4, -0.2) is 35.2 Å².